The Labute approximate surface area is 132 Å². The fraction of sp³-hybridized carbons (Fsp3) is 0.133. The average Bonchev–Trinajstić information content (AvgIpc) is 2.54. The van der Waals surface area contributed by atoms with Crippen molar-refractivity contribution in [2.45, 2.75) is 0 Å². The fourth-order valence-corrected chi connectivity index (χ4v) is 2.27. The lowest BCUT2D eigenvalue weighted by atomic mass is 10.2. The molecule has 0 unspecified atom stereocenters. The number of hydrogen-bond donors (Lipinski definition) is 1. The second kappa shape index (κ2) is 6.03. The zero-order valence-electron chi connectivity index (χ0n) is 12.0. The van der Waals surface area contributed by atoms with E-state index >= 15 is 0 Å². The van der Waals surface area contributed by atoms with Crippen LogP contribution in [-0.2, 0) is 0 Å². The first-order valence-electron chi connectivity index (χ1n) is 6.47. The minimum atomic E-state index is 0.149. The van der Waals surface area contributed by atoms with Crippen molar-refractivity contribution in [2.24, 2.45) is 0 Å². The number of anilines is 2. The molecular formula is C15H13ClN4O2. The molecule has 3 aromatic rings. The highest BCUT2D eigenvalue weighted by atomic mass is 35.5. The number of benzene rings is 1. The summed E-state index contributed by atoms with van der Waals surface area (Å²) >= 11 is 6.01. The Hall–Kier alpha value is -2.60. The maximum Gasteiger partial charge on any atom is 0.224 e. The minimum Gasteiger partial charge on any atom is -0.493 e. The quantitative estimate of drug-likeness (QED) is 0.744. The summed E-state index contributed by atoms with van der Waals surface area (Å²) < 4.78 is 10.6. The van der Waals surface area contributed by atoms with Crippen LogP contribution in [0.2, 0.25) is 5.28 Å². The largest absolute Gasteiger partial charge is 0.493 e. The van der Waals surface area contributed by atoms with Crippen LogP contribution >= 0.6 is 11.6 Å². The molecule has 0 saturated carbocycles. The van der Waals surface area contributed by atoms with E-state index in [4.69, 9.17) is 21.1 Å². The van der Waals surface area contributed by atoms with Crippen molar-refractivity contribution < 1.29 is 9.47 Å². The van der Waals surface area contributed by atoms with E-state index in [2.05, 4.69) is 20.3 Å². The van der Waals surface area contributed by atoms with E-state index in [1.807, 2.05) is 18.2 Å². The summed E-state index contributed by atoms with van der Waals surface area (Å²) in [5.74, 6) is 1.76. The molecule has 0 amide bonds. The number of methoxy groups -OCH3 is 2. The van der Waals surface area contributed by atoms with Crippen molar-refractivity contribution in [1.82, 2.24) is 15.0 Å². The summed E-state index contributed by atoms with van der Waals surface area (Å²) in [5, 5.41) is 4.13. The van der Waals surface area contributed by atoms with E-state index < -0.39 is 0 Å². The van der Waals surface area contributed by atoms with E-state index in [-0.39, 0.29) is 5.28 Å². The van der Waals surface area contributed by atoms with Crippen LogP contribution in [0.25, 0.3) is 10.9 Å². The molecule has 1 N–H and O–H groups in total. The number of nitrogens with one attached hydrogen (secondary N) is 1. The van der Waals surface area contributed by atoms with Crippen molar-refractivity contribution in [2.75, 3.05) is 19.5 Å². The Balaban J connectivity index is 2.16. The zero-order valence-corrected chi connectivity index (χ0v) is 12.8. The van der Waals surface area contributed by atoms with Crippen LogP contribution in [0.15, 0.2) is 36.7 Å². The third kappa shape index (κ3) is 2.73. The van der Waals surface area contributed by atoms with Gasteiger partial charge in [0.05, 0.1) is 19.7 Å². The van der Waals surface area contributed by atoms with Gasteiger partial charge in [-0.15, -0.1) is 0 Å². The molecule has 0 radical (unpaired) electrons. The predicted molar refractivity (Wildman–Crippen MR) is 85.2 cm³/mol. The highest BCUT2D eigenvalue weighted by Gasteiger charge is 2.12. The van der Waals surface area contributed by atoms with E-state index in [0.717, 1.165) is 11.1 Å². The number of ether oxygens (including phenoxy) is 2. The number of halogens is 1. The monoisotopic (exact) mass is 316 g/mol. The van der Waals surface area contributed by atoms with Crippen LogP contribution in [0.1, 0.15) is 0 Å². The minimum absolute atomic E-state index is 0.149. The molecule has 2 heterocycles. The average molecular weight is 317 g/mol. The van der Waals surface area contributed by atoms with Gasteiger partial charge < -0.3 is 14.8 Å². The van der Waals surface area contributed by atoms with Crippen molar-refractivity contribution in [3.8, 4) is 11.5 Å². The van der Waals surface area contributed by atoms with Gasteiger partial charge in [0, 0.05) is 29.5 Å². The number of nitrogens with zero attached hydrogens (tertiary/aromatic N) is 3. The van der Waals surface area contributed by atoms with E-state index in [1.165, 1.54) is 0 Å². The predicted octanol–water partition coefficient (Wildman–Crippen LogP) is 3.44. The van der Waals surface area contributed by atoms with Gasteiger partial charge in [-0.3, -0.25) is 4.98 Å². The lowest BCUT2D eigenvalue weighted by Crippen LogP contribution is -1.99. The molecule has 0 saturated heterocycles. The SMILES string of the molecule is COc1cc2nc(Cl)nc(Nc3ccncc3)c2cc1OC. The van der Waals surface area contributed by atoms with E-state index in [0.29, 0.717) is 22.8 Å². The summed E-state index contributed by atoms with van der Waals surface area (Å²) in [6.07, 6.45) is 3.38. The number of fused-ring (bicyclic) bond motifs is 1. The van der Waals surface area contributed by atoms with E-state index in [1.54, 1.807) is 32.7 Å². The number of hydrogen-bond acceptors (Lipinski definition) is 6. The first-order valence-corrected chi connectivity index (χ1v) is 6.85. The number of aromatic nitrogens is 3. The molecule has 0 spiro atoms. The second-order valence-electron chi connectivity index (χ2n) is 4.43. The van der Waals surface area contributed by atoms with Gasteiger partial charge in [-0.25, -0.2) is 4.98 Å². The topological polar surface area (TPSA) is 69.2 Å². The van der Waals surface area contributed by atoms with Crippen LogP contribution in [0, 0.1) is 0 Å². The molecular weight excluding hydrogens is 304 g/mol. The zero-order chi connectivity index (χ0) is 15.5. The molecule has 112 valence electrons. The smallest absolute Gasteiger partial charge is 0.224 e. The van der Waals surface area contributed by atoms with Crippen LogP contribution in [-0.4, -0.2) is 29.2 Å². The van der Waals surface area contributed by atoms with Crippen molar-refractivity contribution in [1.29, 1.82) is 0 Å². The summed E-state index contributed by atoms with van der Waals surface area (Å²) in [6.45, 7) is 0. The Bertz CT molecular complexity index is 811. The molecule has 0 fully saturated rings. The van der Waals surface area contributed by atoms with Crippen LogP contribution < -0.4 is 14.8 Å². The Morgan fingerprint density at radius 2 is 1.68 bits per heavy atom. The van der Waals surface area contributed by atoms with Crippen molar-refractivity contribution >= 4 is 34.0 Å². The summed E-state index contributed by atoms with van der Waals surface area (Å²) in [5.41, 5.74) is 1.51. The molecule has 0 aliphatic rings. The van der Waals surface area contributed by atoms with E-state index in [9.17, 15) is 0 Å². The highest BCUT2D eigenvalue weighted by molar-refractivity contribution is 6.28. The summed E-state index contributed by atoms with van der Waals surface area (Å²) in [4.78, 5) is 12.5. The first kappa shape index (κ1) is 14.3. The molecule has 6 nitrogen and oxygen atoms in total. The second-order valence-corrected chi connectivity index (χ2v) is 4.76. The standard InChI is InChI=1S/C15H13ClN4O2/c1-21-12-7-10-11(8-13(12)22-2)19-15(16)20-14(10)18-9-3-5-17-6-4-9/h3-8H,1-2H3,(H,17,18,19,20). The highest BCUT2D eigenvalue weighted by Crippen LogP contribution is 2.35. The van der Waals surface area contributed by atoms with Gasteiger partial charge in [0.25, 0.3) is 0 Å². The molecule has 3 rings (SSSR count). The Morgan fingerprint density at radius 1 is 1.00 bits per heavy atom. The molecule has 0 aliphatic carbocycles. The van der Waals surface area contributed by atoms with Gasteiger partial charge in [-0.1, -0.05) is 0 Å². The van der Waals surface area contributed by atoms with Gasteiger partial charge >= 0.3 is 0 Å². The Morgan fingerprint density at radius 3 is 2.36 bits per heavy atom. The van der Waals surface area contributed by atoms with Crippen molar-refractivity contribution in [3.63, 3.8) is 0 Å². The number of rotatable bonds is 4. The van der Waals surface area contributed by atoms with Gasteiger partial charge in [0.2, 0.25) is 5.28 Å². The van der Waals surface area contributed by atoms with Gasteiger partial charge in [0.1, 0.15) is 5.82 Å². The lowest BCUT2D eigenvalue weighted by molar-refractivity contribution is 0.356. The lowest BCUT2D eigenvalue weighted by Gasteiger charge is -2.12. The third-order valence-corrected chi connectivity index (χ3v) is 3.29. The maximum absolute atomic E-state index is 6.01. The van der Waals surface area contributed by atoms with Crippen LogP contribution in [0.4, 0.5) is 11.5 Å². The number of pyridine rings is 1. The molecule has 7 heteroatoms. The Kier molecular flexibility index (Phi) is 3.93. The maximum atomic E-state index is 6.01. The molecule has 1 aromatic carbocycles. The molecule has 0 atom stereocenters. The fourth-order valence-electron chi connectivity index (χ4n) is 2.09. The molecule has 0 bridgehead atoms. The summed E-state index contributed by atoms with van der Waals surface area (Å²) in [7, 11) is 3.15. The molecule has 2 aromatic heterocycles. The van der Waals surface area contributed by atoms with Gasteiger partial charge in [0.15, 0.2) is 11.5 Å². The van der Waals surface area contributed by atoms with Gasteiger partial charge in [-0.05, 0) is 29.8 Å². The van der Waals surface area contributed by atoms with Crippen LogP contribution in [0.3, 0.4) is 0 Å². The van der Waals surface area contributed by atoms with Gasteiger partial charge in [-0.2, -0.15) is 4.98 Å². The normalized spacial score (nSPS) is 10.5. The summed E-state index contributed by atoms with van der Waals surface area (Å²) in [6, 6.07) is 7.25. The van der Waals surface area contributed by atoms with Crippen LogP contribution in [0.5, 0.6) is 11.5 Å². The molecule has 22 heavy (non-hydrogen) atoms. The third-order valence-electron chi connectivity index (χ3n) is 3.12. The van der Waals surface area contributed by atoms with Crippen molar-refractivity contribution in [3.05, 3.63) is 41.9 Å². The molecule has 0 aliphatic heterocycles. The first-order chi connectivity index (χ1) is 10.7.